The van der Waals surface area contributed by atoms with Gasteiger partial charge >= 0.3 is 0 Å². The molecule has 0 saturated carbocycles. The number of hydrogen-bond acceptors (Lipinski definition) is 4. The number of aromatic nitrogens is 3. The molecule has 15 heavy (non-hydrogen) atoms. The highest BCUT2D eigenvalue weighted by atomic mass is 32.1. The van der Waals surface area contributed by atoms with E-state index in [4.69, 9.17) is 0 Å². The van der Waals surface area contributed by atoms with Crippen molar-refractivity contribution in [2.24, 2.45) is 0 Å². The summed E-state index contributed by atoms with van der Waals surface area (Å²) in [7, 11) is 0. The van der Waals surface area contributed by atoms with Gasteiger partial charge in [0.15, 0.2) is 0 Å². The van der Waals surface area contributed by atoms with Crippen molar-refractivity contribution in [2.75, 3.05) is 0 Å². The molecule has 0 aliphatic rings. The van der Waals surface area contributed by atoms with Crippen LogP contribution in [0.2, 0.25) is 0 Å². The number of rotatable bonds is 2. The molecule has 1 N–H and O–H groups in total. The van der Waals surface area contributed by atoms with Crippen LogP contribution in [0.25, 0.3) is 22.0 Å². The summed E-state index contributed by atoms with van der Waals surface area (Å²) in [6.07, 6.45) is 3.72. The molecule has 0 aliphatic heterocycles. The molecule has 0 aliphatic carbocycles. The van der Waals surface area contributed by atoms with Crippen LogP contribution >= 0.6 is 22.9 Å². The van der Waals surface area contributed by atoms with Crippen molar-refractivity contribution in [1.82, 2.24) is 14.3 Å². The average Bonchev–Trinajstić information content (AvgIpc) is 3.01. The molecule has 0 spiro atoms. The van der Waals surface area contributed by atoms with E-state index in [1.807, 2.05) is 29.1 Å². The van der Waals surface area contributed by atoms with Crippen molar-refractivity contribution in [3.05, 3.63) is 35.3 Å². The summed E-state index contributed by atoms with van der Waals surface area (Å²) in [5.74, 6) is 0. The minimum Gasteiger partial charge on any atom is -0.361 e. The molecular weight excluding hydrogens is 226 g/mol. The highest BCUT2D eigenvalue weighted by Gasteiger charge is 2.12. The van der Waals surface area contributed by atoms with Crippen molar-refractivity contribution >= 4 is 22.9 Å². The fraction of sp³-hybridized carbons (Fsp3) is 0. The zero-order chi connectivity index (χ0) is 10.1. The van der Waals surface area contributed by atoms with Gasteiger partial charge in [0.1, 0.15) is 10.7 Å². The Kier molecular flexibility index (Phi) is 2.12. The molecule has 3 heterocycles. The lowest BCUT2D eigenvalue weighted by Crippen LogP contribution is -1.80. The molecule has 74 valence electrons. The molecule has 3 aromatic rings. The molecule has 0 atom stereocenters. The van der Waals surface area contributed by atoms with Crippen LogP contribution in [0.1, 0.15) is 0 Å². The van der Waals surface area contributed by atoms with E-state index in [1.54, 1.807) is 17.5 Å². The van der Waals surface area contributed by atoms with E-state index in [1.165, 1.54) is 11.5 Å². The van der Waals surface area contributed by atoms with Crippen LogP contribution in [0, 0.1) is 0 Å². The third-order valence-corrected chi connectivity index (χ3v) is 3.50. The lowest BCUT2D eigenvalue weighted by atomic mass is 10.2. The fourth-order valence-corrected chi connectivity index (χ4v) is 2.80. The maximum Gasteiger partial charge on any atom is 0.143 e. The SMILES string of the molecule is c1c[nH]c(-c2csnc2-c2nccs2)c1. The number of aromatic amines is 1. The van der Waals surface area contributed by atoms with Crippen molar-refractivity contribution in [1.29, 1.82) is 0 Å². The Morgan fingerprint density at radius 2 is 2.33 bits per heavy atom. The predicted octanol–water partition coefficient (Wildman–Crippen LogP) is 3.26. The Balaban J connectivity index is 2.15. The molecule has 0 unspecified atom stereocenters. The van der Waals surface area contributed by atoms with Crippen LogP contribution in [0.5, 0.6) is 0 Å². The molecular formula is C10H7N3S2. The molecule has 0 saturated heterocycles. The topological polar surface area (TPSA) is 41.6 Å². The van der Waals surface area contributed by atoms with Gasteiger partial charge in [-0.05, 0) is 23.7 Å². The lowest BCUT2D eigenvalue weighted by molar-refractivity contribution is 1.36. The third kappa shape index (κ3) is 1.49. The number of nitrogens with zero attached hydrogens (tertiary/aromatic N) is 2. The van der Waals surface area contributed by atoms with Crippen LogP contribution in [-0.2, 0) is 0 Å². The molecule has 3 nitrogen and oxygen atoms in total. The fourth-order valence-electron chi connectivity index (χ4n) is 1.42. The minimum absolute atomic E-state index is 0.970. The van der Waals surface area contributed by atoms with Gasteiger partial charge in [-0.3, -0.25) is 0 Å². The van der Waals surface area contributed by atoms with E-state index in [2.05, 4.69) is 14.3 Å². The second kappa shape index (κ2) is 3.60. The van der Waals surface area contributed by atoms with Gasteiger partial charge in [-0.1, -0.05) is 0 Å². The van der Waals surface area contributed by atoms with Crippen LogP contribution < -0.4 is 0 Å². The number of thiazole rings is 1. The molecule has 0 radical (unpaired) electrons. The van der Waals surface area contributed by atoms with Gasteiger partial charge in [-0.25, -0.2) is 4.98 Å². The highest BCUT2D eigenvalue weighted by Crippen LogP contribution is 2.32. The Labute approximate surface area is 94.6 Å². The van der Waals surface area contributed by atoms with E-state index in [-0.39, 0.29) is 0 Å². The van der Waals surface area contributed by atoms with E-state index in [0.29, 0.717) is 0 Å². The standard InChI is InChI=1S/C10H7N3S2/c1-2-8(11-3-1)7-6-15-13-9(7)10-12-4-5-14-10/h1-6,11H. The first-order valence-electron chi connectivity index (χ1n) is 4.43. The first-order valence-corrected chi connectivity index (χ1v) is 6.15. The van der Waals surface area contributed by atoms with E-state index >= 15 is 0 Å². The summed E-state index contributed by atoms with van der Waals surface area (Å²) < 4.78 is 4.38. The monoisotopic (exact) mass is 233 g/mol. The number of hydrogen-bond donors (Lipinski definition) is 1. The number of nitrogens with one attached hydrogen (secondary N) is 1. The van der Waals surface area contributed by atoms with E-state index in [9.17, 15) is 0 Å². The third-order valence-electron chi connectivity index (χ3n) is 2.09. The summed E-state index contributed by atoms with van der Waals surface area (Å²) in [6.45, 7) is 0. The Bertz CT molecular complexity index is 488. The molecule has 3 aromatic heterocycles. The lowest BCUT2D eigenvalue weighted by Gasteiger charge is -1.95. The first-order chi connectivity index (χ1) is 7.45. The molecule has 0 aromatic carbocycles. The van der Waals surface area contributed by atoms with Gasteiger partial charge in [0.05, 0.1) is 0 Å². The summed E-state index contributed by atoms with van der Waals surface area (Å²) in [6, 6.07) is 4.03. The zero-order valence-electron chi connectivity index (χ0n) is 7.68. The Morgan fingerprint density at radius 3 is 3.07 bits per heavy atom. The Morgan fingerprint density at radius 1 is 1.33 bits per heavy atom. The van der Waals surface area contributed by atoms with Crippen molar-refractivity contribution in [3.63, 3.8) is 0 Å². The second-order valence-corrected chi connectivity index (χ2v) is 4.52. The van der Waals surface area contributed by atoms with Crippen LogP contribution in [0.4, 0.5) is 0 Å². The normalized spacial score (nSPS) is 10.7. The smallest absolute Gasteiger partial charge is 0.143 e. The van der Waals surface area contributed by atoms with E-state index in [0.717, 1.165) is 22.0 Å². The van der Waals surface area contributed by atoms with Gasteiger partial charge in [0, 0.05) is 34.4 Å². The number of H-pyrrole nitrogens is 1. The van der Waals surface area contributed by atoms with Gasteiger partial charge in [-0.2, -0.15) is 4.37 Å². The Hall–Kier alpha value is -1.46. The van der Waals surface area contributed by atoms with E-state index < -0.39 is 0 Å². The maximum atomic E-state index is 4.38. The van der Waals surface area contributed by atoms with Gasteiger partial charge in [0.25, 0.3) is 0 Å². The largest absolute Gasteiger partial charge is 0.361 e. The average molecular weight is 233 g/mol. The summed E-state index contributed by atoms with van der Waals surface area (Å²) >= 11 is 3.07. The van der Waals surface area contributed by atoms with Crippen molar-refractivity contribution < 1.29 is 0 Å². The summed E-state index contributed by atoms with van der Waals surface area (Å²) in [4.78, 5) is 7.46. The summed E-state index contributed by atoms with van der Waals surface area (Å²) in [5, 5.41) is 4.98. The molecule has 0 fully saturated rings. The quantitative estimate of drug-likeness (QED) is 0.738. The van der Waals surface area contributed by atoms with Gasteiger partial charge in [0.2, 0.25) is 0 Å². The van der Waals surface area contributed by atoms with Crippen molar-refractivity contribution in [3.8, 4) is 22.0 Å². The maximum absolute atomic E-state index is 4.38. The zero-order valence-corrected chi connectivity index (χ0v) is 9.31. The van der Waals surface area contributed by atoms with Crippen molar-refractivity contribution in [2.45, 2.75) is 0 Å². The molecule has 0 bridgehead atoms. The van der Waals surface area contributed by atoms with Gasteiger partial charge < -0.3 is 4.98 Å². The molecule has 5 heteroatoms. The highest BCUT2D eigenvalue weighted by molar-refractivity contribution is 7.13. The summed E-state index contributed by atoms with van der Waals surface area (Å²) in [5.41, 5.74) is 3.19. The predicted molar refractivity (Wildman–Crippen MR) is 63.0 cm³/mol. The second-order valence-electron chi connectivity index (χ2n) is 3.00. The van der Waals surface area contributed by atoms with Crippen LogP contribution in [-0.4, -0.2) is 14.3 Å². The molecule has 3 rings (SSSR count). The minimum atomic E-state index is 0.970. The van der Waals surface area contributed by atoms with Crippen LogP contribution in [0.3, 0.4) is 0 Å². The molecule has 0 amide bonds. The first kappa shape index (κ1) is 8.82. The van der Waals surface area contributed by atoms with Crippen LogP contribution in [0.15, 0.2) is 35.3 Å². The van der Waals surface area contributed by atoms with Gasteiger partial charge in [-0.15, -0.1) is 11.3 Å².